The van der Waals surface area contributed by atoms with Crippen LogP contribution >= 0.6 is 31.9 Å². The van der Waals surface area contributed by atoms with E-state index in [1.54, 1.807) is 0 Å². The summed E-state index contributed by atoms with van der Waals surface area (Å²) in [6.07, 6.45) is 2.43. The lowest BCUT2D eigenvalue weighted by Gasteiger charge is -2.34. The van der Waals surface area contributed by atoms with Crippen LogP contribution in [-0.4, -0.2) is 26.2 Å². The second-order valence-electron chi connectivity index (χ2n) is 4.12. The number of hydrogen-bond acceptors (Lipinski definition) is 2. The second kappa shape index (κ2) is 5.52. The van der Waals surface area contributed by atoms with Gasteiger partial charge in [0.2, 0.25) is 0 Å². The van der Waals surface area contributed by atoms with Crippen LogP contribution in [0.5, 0.6) is 0 Å². The van der Waals surface area contributed by atoms with Crippen molar-refractivity contribution >= 4 is 37.5 Å². The van der Waals surface area contributed by atoms with Gasteiger partial charge in [0.25, 0.3) is 0 Å². The Labute approximate surface area is 114 Å². The molecule has 0 spiro atoms. The van der Waals surface area contributed by atoms with Crippen molar-refractivity contribution < 1.29 is 0 Å². The third-order valence-corrected chi connectivity index (χ3v) is 4.44. The zero-order chi connectivity index (χ0) is 11.5. The van der Waals surface area contributed by atoms with Crippen LogP contribution in [-0.2, 0) is 0 Å². The molecule has 1 saturated heterocycles. The van der Waals surface area contributed by atoms with Crippen LogP contribution in [0.3, 0.4) is 0 Å². The summed E-state index contributed by atoms with van der Waals surface area (Å²) in [6.45, 7) is 2.24. The van der Waals surface area contributed by atoms with Crippen molar-refractivity contribution in [3.05, 3.63) is 27.1 Å². The van der Waals surface area contributed by atoms with Crippen molar-refractivity contribution in [2.75, 3.05) is 25.0 Å². The van der Waals surface area contributed by atoms with E-state index in [0.29, 0.717) is 6.04 Å². The monoisotopic (exact) mass is 346 g/mol. The summed E-state index contributed by atoms with van der Waals surface area (Å²) in [6, 6.07) is 6.93. The minimum absolute atomic E-state index is 0.678. The summed E-state index contributed by atoms with van der Waals surface area (Å²) >= 11 is 7.26. The number of hydrogen-bond donors (Lipinski definition) is 1. The van der Waals surface area contributed by atoms with Gasteiger partial charge < -0.3 is 10.2 Å². The van der Waals surface area contributed by atoms with Gasteiger partial charge in [-0.2, -0.15) is 0 Å². The lowest BCUT2D eigenvalue weighted by atomic mass is 10.0. The van der Waals surface area contributed by atoms with E-state index in [1.807, 2.05) is 0 Å². The second-order valence-corrected chi connectivity index (χ2v) is 5.83. The molecule has 1 heterocycles. The lowest BCUT2D eigenvalue weighted by molar-refractivity contribution is 0.442. The molecule has 2 rings (SSSR count). The van der Waals surface area contributed by atoms with E-state index in [9.17, 15) is 0 Å². The van der Waals surface area contributed by atoms with Gasteiger partial charge >= 0.3 is 0 Å². The fraction of sp³-hybridized carbons (Fsp3) is 0.500. The minimum atomic E-state index is 0.678. The molecule has 0 atom stereocenters. The zero-order valence-electron chi connectivity index (χ0n) is 9.34. The summed E-state index contributed by atoms with van der Waals surface area (Å²) in [5.41, 5.74) is 1.29. The third-order valence-electron chi connectivity index (χ3n) is 3.16. The van der Waals surface area contributed by atoms with Crippen molar-refractivity contribution in [1.29, 1.82) is 0 Å². The van der Waals surface area contributed by atoms with Crippen molar-refractivity contribution in [1.82, 2.24) is 5.32 Å². The highest BCUT2D eigenvalue weighted by Crippen LogP contribution is 2.35. The summed E-state index contributed by atoms with van der Waals surface area (Å²) in [4.78, 5) is 2.45. The SMILES string of the molecule is CNC1CCN(c2c(Br)cccc2Br)CC1. The molecular formula is C12H16Br2N2. The maximum absolute atomic E-state index is 3.63. The zero-order valence-corrected chi connectivity index (χ0v) is 12.5. The number of nitrogens with zero attached hydrogens (tertiary/aromatic N) is 1. The van der Waals surface area contributed by atoms with Gasteiger partial charge in [0, 0.05) is 28.1 Å². The molecule has 0 aromatic heterocycles. The van der Waals surface area contributed by atoms with E-state index < -0.39 is 0 Å². The topological polar surface area (TPSA) is 15.3 Å². The van der Waals surface area contributed by atoms with Crippen molar-refractivity contribution in [2.24, 2.45) is 0 Å². The lowest BCUT2D eigenvalue weighted by Crippen LogP contribution is -2.41. The Balaban J connectivity index is 2.14. The molecule has 1 aromatic carbocycles. The highest BCUT2D eigenvalue weighted by atomic mass is 79.9. The van der Waals surface area contributed by atoms with Gasteiger partial charge in [-0.05, 0) is 63.9 Å². The molecule has 0 amide bonds. The van der Waals surface area contributed by atoms with Gasteiger partial charge in [0.15, 0.2) is 0 Å². The number of piperidine rings is 1. The third kappa shape index (κ3) is 2.60. The van der Waals surface area contributed by atoms with Crippen LogP contribution in [0.25, 0.3) is 0 Å². The number of rotatable bonds is 2. The van der Waals surface area contributed by atoms with Crippen LogP contribution in [0, 0.1) is 0 Å². The molecule has 1 aliphatic rings. The fourth-order valence-corrected chi connectivity index (χ4v) is 3.68. The number of halogens is 2. The summed E-state index contributed by atoms with van der Waals surface area (Å²) in [5.74, 6) is 0. The van der Waals surface area contributed by atoms with Gasteiger partial charge in [-0.25, -0.2) is 0 Å². The first-order valence-corrected chi connectivity index (χ1v) is 7.17. The standard InChI is InChI=1S/C12H16Br2N2/c1-15-9-5-7-16(8-6-9)12-10(13)3-2-4-11(12)14/h2-4,9,15H,5-8H2,1H3. The first kappa shape index (κ1) is 12.4. The van der Waals surface area contributed by atoms with E-state index in [2.05, 4.69) is 67.3 Å². The molecule has 1 aliphatic heterocycles. The summed E-state index contributed by atoms with van der Waals surface area (Å²) in [7, 11) is 2.05. The largest absolute Gasteiger partial charge is 0.370 e. The Hall–Kier alpha value is -0.0600. The Kier molecular flexibility index (Phi) is 4.27. The van der Waals surface area contributed by atoms with E-state index in [1.165, 1.54) is 27.5 Å². The molecule has 0 radical (unpaired) electrons. The van der Waals surface area contributed by atoms with Gasteiger partial charge in [-0.1, -0.05) is 6.07 Å². The maximum Gasteiger partial charge on any atom is 0.0655 e. The molecule has 0 unspecified atom stereocenters. The normalized spacial score (nSPS) is 17.8. The predicted molar refractivity (Wildman–Crippen MR) is 76.1 cm³/mol. The molecule has 1 aromatic rings. The van der Waals surface area contributed by atoms with Crippen molar-refractivity contribution in [2.45, 2.75) is 18.9 Å². The Morgan fingerprint density at radius 3 is 2.25 bits per heavy atom. The van der Waals surface area contributed by atoms with E-state index in [-0.39, 0.29) is 0 Å². The quantitative estimate of drug-likeness (QED) is 0.882. The van der Waals surface area contributed by atoms with E-state index >= 15 is 0 Å². The van der Waals surface area contributed by atoms with Crippen LogP contribution in [0.4, 0.5) is 5.69 Å². The molecule has 1 fully saturated rings. The molecule has 0 aliphatic carbocycles. The fourth-order valence-electron chi connectivity index (χ4n) is 2.18. The Bertz CT molecular complexity index is 340. The van der Waals surface area contributed by atoms with E-state index in [0.717, 1.165) is 13.1 Å². The minimum Gasteiger partial charge on any atom is -0.370 e. The Morgan fingerprint density at radius 2 is 1.75 bits per heavy atom. The van der Waals surface area contributed by atoms with Crippen LogP contribution in [0.2, 0.25) is 0 Å². The number of para-hydroxylation sites is 1. The first-order valence-electron chi connectivity index (χ1n) is 5.58. The molecule has 0 saturated carbocycles. The average molecular weight is 348 g/mol. The van der Waals surface area contributed by atoms with Crippen LogP contribution in [0.15, 0.2) is 27.1 Å². The summed E-state index contributed by atoms with van der Waals surface area (Å²) in [5, 5.41) is 3.36. The Morgan fingerprint density at radius 1 is 1.19 bits per heavy atom. The predicted octanol–water partition coefficient (Wildman–Crippen LogP) is 3.40. The molecular weight excluding hydrogens is 332 g/mol. The molecule has 88 valence electrons. The van der Waals surface area contributed by atoms with Gasteiger partial charge in [0.1, 0.15) is 0 Å². The van der Waals surface area contributed by atoms with Gasteiger partial charge in [-0.15, -0.1) is 0 Å². The first-order chi connectivity index (χ1) is 7.72. The smallest absolute Gasteiger partial charge is 0.0655 e. The number of benzene rings is 1. The molecule has 1 N–H and O–H groups in total. The van der Waals surface area contributed by atoms with Crippen LogP contribution < -0.4 is 10.2 Å². The van der Waals surface area contributed by atoms with Gasteiger partial charge in [-0.3, -0.25) is 0 Å². The average Bonchev–Trinajstić information content (AvgIpc) is 2.30. The maximum atomic E-state index is 3.63. The number of anilines is 1. The highest BCUT2D eigenvalue weighted by molar-refractivity contribution is 9.11. The molecule has 0 bridgehead atoms. The molecule has 16 heavy (non-hydrogen) atoms. The number of nitrogens with one attached hydrogen (secondary N) is 1. The molecule has 2 nitrogen and oxygen atoms in total. The summed E-state index contributed by atoms with van der Waals surface area (Å²) < 4.78 is 2.34. The molecule has 4 heteroatoms. The van der Waals surface area contributed by atoms with Crippen LogP contribution in [0.1, 0.15) is 12.8 Å². The van der Waals surface area contributed by atoms with Crippen molar-refractivity contribution in [3.8, 4) is 0 Å². The van der Waals surface area contributed by atoms with E-state index in [4.69, 9.17) is 0 Å². The van der Waals surface area contributed by atoms with Gasteiger partial charge in [0.05, 0.1) is 5.69 Å². The van der Waals surface area contributed by atoms with Crippen molar-refractivity contribution in [3.63, 3.8) is 0 Å². The highest BCUT2D eigenvalue weighted by Gasteiger charge is 2.20.